The van der Waals surface area contributed by atoms with Gasteiger partial charge in [-0.3, -0.25) is 9.48 Å². The summed E-state index contributed by atoms with van der Waals surface area (Å²) in [4.78, 5) is 27.3. The molecule has 4 rings (SSSR count). The number of nitrogens with zero attached hydrogens (tertiary/aromatic N) is 3. The van der Waals surface area contributed by atoms with E-state index in [1.807, 2.05) is 111 Å². The number of nitrogens with one attached hydrogen (secondary N) is 1. The molecule has 0 radical (unpaired) electrons. The van der Waals surface area contributed by atoms with Gasteiger partial charge >= 0.3 is 6.09 Å². The molecule has 0 aliphatic heterocycles. The molecule has 2 N–H and O–H groups in total. The number of thiophene rings is 1. The Hall–Kier alpha value is -3.91. The molecule has 0 aliphatic rings. The van der Waals surface area contributed by atoms with Crippen LogP contribution in [0.1, 0.15) is 36.0 Å². The molecule has 2 aromatic heterocycles. The van der Waals surface area contributed by atoms with Crippen molar-refractivity contribution in [3.8, 4) is 22.4 Å². The SMILES string of the molecule is Cn1ncc(-c2ccccc2)c1-c1csc(C(=O)NC(Cc2ccccc2)CN(C(=O)O)C(C)(C)C)c1. The second kappa shape index (κ2) is 11.0. The lowest BCUT2D eigenvalue weighted by Crippen LogP contribution is -2.53. The summed E-state index contributed by atoms with van der Waals surface area (Å²) in [5.41, 5.74) is 4.33. The maximum absolute atomic E-state index is 13.4. The molecule has 2 amide bonds. The lowest BCUT2D eigenvalue weighted by molar-refractivity contribution is 0.0824. The fourth-order valence-corrected chi connectivity index (χ4v) is 5.16. The standard InChI is InChI=1S/C29H32N4O3S/c1-29(2,3)33(28(35)36)18-23(15-20-11-7-5-8-12-20)31-27(34)25-16-22(19-37-25)26-24(17-30-32(26)4)21-13-9-6-10-14-21/h5-14,16-17,19,23H,15,18H2,1-4H3,(H,31,34)(H,35,36). The molecule has 0 saturated heterocycles. The van der Waals surface area contributed by atoms with E-state index in [-0.39, 0.29) is 12.5 Å². The van der Waals surface area contributed by atoms with Crippen LogP contribution < -0.4 is 5.32 Å². The molecule has 0 aliphatic carbocycles. The Morgan fingerprint density at radius 3 is 2.32 bits per heavy atom. The van der Waals surface area contributed by atoms with Crippen LogP contribution >= 0.6 is 11.3 Å². The largest absolute Gasteiger partial charge is 0.465 e. The van der Waals surface area contributed by atoms with E-state index < -0.39 is 17.7 Å². The van der Waals surface area contributed by atoms with Crippen molar-refractivity contribution in [1.29, 1.82) is 0 Å². The first kappa shape index (κ1) is 26.2. The van der Waals surface area contributed by atoms with Gasteiger partial charge in [0, 0.05) is 35.6 Å². The second-order valence-corrected chi connectivity index (χ2v) is 10.9. The molecule has 8 heteroatoms. The van der Waals surface area contributed by atoms with Crippen molar-refractivity contribution >= 4 is 23.3 Å². The first-order chi connectivity index (χ1) is 17.6. The number of hydrogen-bond donors (Lipinski definition) is 2. The lowest BCUT2D eigenvalue weighted by Gasteiger charge is -2.36. The molecule has 7 nitrogen and oxygen atoms in total. The summed E-state index contributed by atoms with van der Waals surface area (Å²) < 4.78 is 1.82. The van der Waals surface area contributed by atoms with Crippen molar-refractivity contribution < 1.29 is 14.7 Å². The van der Waals surface area contributed by atoms with Crippen molar-refractivity contribution in [2.45, 2.75) is 38.8 Å². The van der Waals surface area contributed by atoms with Crippen LogP contribution in [0.5, 0.6) is 0 Å². The first-order valence-electron chi connectivity index (χ1n) is 12.1. The van der Waals surface area contributed by atoms with Crippen molar-refractivity contribution in [1.82, 2.24) is 20.0 Å². The monoisotopic (exact) mass is 516 g/mol. The Morgan fingerprint density at radius 1 is 1.05 bits per heavy atom. The van der Waals surface area contributed by atoms with E-state index in [0.29, 0.717) is 11.3 Å². The maximum Gasteiger partial charge on any atom is 0.407 e. The Bertz CT molecular complexity index is 1360. The van der Waals surface area contributed by atoms with Crippen molar-refractivity contribution in [2.75, 3.05) is 6.54 Å². The predicted octanol–water partition coefficient (Wildman–Crippen LogP) is 5.94. The average Bonchev–Trinajstić information content (AvgIpc) is 3.49. The summed E-state index contributed by atoms with van der Waals surface area (Å²) in [5, 5.41) is 19.4. The van der Waals surface area contributed by atoms with E-state index in [0.717, 1.165) is 27.9 Å². The fourth-order valence-electron chi connectivity index (χ4n) is 4.36. The minimum atomic E-state index is -1.01. The number of amides is 2. The van der Waals surface area contributed by atoms with Crippen LogP contribution in [0.25, 0.3) is 22.4 Å². The molecule has 2 heterocycles. The van der Waals surface area contributed by atoms with E-state index >= 15 is 0 Å². The number of aryl methyl sites for hydroxylation is 1. The molecular weight excluding hydrogens is 484 g/mol. The third-order valence-corrected chi connectivity index (χ3v) is 7.15. The Labute approximate surface area is 221 Å². The summed E-state index contributed by atoms with van der Waals surface area (Å²) in [6, 6.07) is 21.3. The molecule has 4 aromatic rings. The van der Waals surface area contributed by atoms with E-state index in [2.05, 4.69) is 10.4 Å². The highest BCUT2D eigenvalue weighted by Gasteiger charge is 2.30. The van der Waals surface area contributed by atoms with Crippen LogP contribution in [0, 0.1) is 0 Å². The number of carbonyl (C=O) groups is 2. The summed E-state index contributed by atoms with van der Waals surface area (Å²) >= 11 is 1.36. The molecule has 0 fully saturated rings. The molecule has 1 unspecified atom stereocenters. The van der Waals surface area contributed by atoms with E-state index in [9.17, 15) is 14.7 Å². The lowest BCUT2D eigenvalue weighted by atomic mass is 10.0. The van der Waals surface area contributed by atoms with Crippen molar-refractivity contribution in [2.24, 2.45) is 7.05 Å². The third kappa shape index (κ3) is 6.27. The van der Waals surface area contributed by atoms with Crippen LogP contribution in [-0.4, -0.2) is 49.9 Å². The number of carboxylic acid groups (broad SMARTS) is 1. The Kier molecular flexibility index (Phi) is 7.78. The molecule has 37 heavy (non-hydrogen) atoms. The van der Waals surface area contributed by atoms with Gasteiger partial charge in [-0.2, -0.15) is 5.10 Å². The van der Waals surface area contributed by atoms with Crippen LogP contribution in [0.15, 0.2) is 78.3 Å². The summed E-state index contributed by atoms with van der Waals surface area (Å²) in [6.07, 6.45) is 1.35. The zero-order valence-corrected chi connectivity index (χ0v) is 22.3. The quantitative estimate of drug-likeness (QED) is 0.304. The highest BCUT2D eigenvalue weighted by atomic mass is 32.1. The van der Waals surface area contributed by atoms with Gasteiger partial charge in [0.15, 0.2) is 0 Å². The van der Waals surface area contributed by atoms with Crippen LogP contribution in [-0.2, 0) is 13.5 Å². The summed E-state index contributed by atoms with van der Waals surface area (Å²) in [5.74, 6) is -0.222. The summed E-state index contributed by atoms with van der Waals surface area (Å²) in [6.45, 7) is 5.74. The Morgan fingerprint density at radius 2 is 1.70 bits per heavy atom. The van der Waals surface area contributed by atoms with Gasteiger partial charge < -0.3 is 15.3 Å². The van der Waals surface area contributed by atoms with Crippen molar-refractivity contribution in [3.05, 3.63) is 88.7 Å². The number of rotatable bonds is 8. The number of hydrogen-bond acceptors (Lipinski definition) is 4. The van der Waals surface area contributed by atoms with E-state index in [1.165, 1.54) is 16.2 Å². The molecule has 2 aromatic carbocycles. The molecule has 1 atom stereocenters. The van der Waals surface area contributed by atoms with Gasteiger partial charge in [-0.25, -0.2) is 4.79 Å². The fraction of sp³-hybridized carbons (Fsp3) is 0.276. The highest BCUT2D eigenvalue weighted by molar-refractivity contribution is 7.12. The smallest absolute Gasteiger partial charge is 0.407 e. The zero-order chi connectivity index (χ0) is 26.6. The van der Waals surface area contributed by atoms with Crippen LogP contribution in [0.4, 0.5) is 4.79 Å². The molecule has 0 saturated carbocycles. The van der Waals surface area contributed by atoms with Crippen molar-refractivity contribution in [3.63, 3.8) is 0 Å². The van der Waals surface area contributed by atoms with E-state index in [1.54, 1.807) is 0 Å². The minimum absolute atomic E-state index is 0.178. The molecule has 0 bridgehead atoms. The minimum Gasteiger partial charge on any atom is -0.465 e. The van der Waals surface area contributed by atoms with Gasteiger partial charge in [0.2, 0.25) is 0 Å². The average molecular weight is 517 g/mol. The normalized spacial score (nSPS) is 12.2. The zero-order valence-electron chi connectivity index (χ0n) is 21.5. The van der Waals surface area contributed by atoms with Crippen LogP contribution in [0.2, 0.25) is 0 Å². The highest BCUT2D eigenvalue weighted by Crippen LogP contribution is 2.34. The van der Waals surface area contributed by atoms with Gasteiger partial charge in [-0.15, -0.1) is 11.3 Å². The van der Waals surface area contributed by atoms with E-state index in [4.69, 9.17) is 0 Å². The van der Waals surface area contributed by atoms with Gasteiger partial charge in [0.1, 0.15) is 0 Å². The Balaban J connectivity index is 1.58. The molecule has 0 spiro atoms. The van der Waals surface area contributed by atoms with Gasteiger partial charge in [0.05, 0.1) is 22.8 Å². The maximum atomic E-state index is 13.4. The second-order valence-electron chi connectivity index (χ2n) is 10.0. The molecular formula is C29H32N4O3S. The third-order valence-electron chi connectivity index (χ3n) is 6.22. The number of aromatic nitrogens is 2. The van der Waals surface area contributed by atoms with Gasteiger partial charge in [-0.1, -0.05) is 60.7 Å². The molecule has 192 valence electrons. The number of benzene rings is 2. The van der Waals surface area contributed by atoms with Gasteiger partial charge in [-0.05, 0) is 44.4 Å². The summed E-state index contributed by atoms with van der Waals surface area (Å²) in [7, 11) is 1.89. The van der Waals surface area contributed by atoms with Gasteiger partial charge in [0.25, 0.3) is 5.91 Å². The topological polar surface area (TPSA) is 87.5 Å². The number of carbonyl (C=O) groups excluding carboxylic acids is 1. The first-order valence-corrected chi connectivity index (χ1v) is 13.0. The van der Waals surface area contributed by atoms with Crippen LogP contribution in [0.3, 0.4) is 0 Å². The predicted molar refractivity (Wildman–Crippen MR) is 148 cm³/mol.